The van der Waals surface area contributed by atoms with Crippen LogP contribution < -0.4 is 17.1 Å². The normalized spacial score (nSPS) is 12.0. The van der Waals surface area contributed by atoms with E-state index in [-0.39, 0.29) is 86.4 Å². The SMILES string of the molecule is C.CCCC(CC(=O)O)n1c(=O)n(Cc2cc(Br)cc3[nH]ccc23)c2ccccc21.CCCC(CC(=O)OCC)n1c(=O)[nH]c2ccccc21.CCCC(CC(=O)OCC)n1c(=O)n(Cc2cc(Br)cc3[nH]ccc23)c2ccccc21.COC(=O)c1cc(Br)cc2[nH]ccc12.OCc1cc(Br)cc2[nH]ccc12. The van der Waals surface area contributed by atoms with Crippen LogP contribution in [-0.2, 0) is 48.3 Å². The number of aromatic amines is 5. The lowest BCUT2D eigenvalue weighted by atomic mass is 10.1. The second-order valence-electron chi connectivity index (χ2n) is 25.3. The number of aliphatic hydroxyl groups is 1. The van der Waals surface area contributed by atoms with Gasteiger partial charge in [-0.1, -0.05) is 148 Å². The number of nitrogens with zero attached hydrogens (tertiary/aromatic N) is 5. The van der Waals surface area contributed by atoms with Gasteiger partial charge in [0.25, 0.3) is 0 Å². The molecule has 3 atom stereocenters. The summed E-state index contributed by atoms with van der Waals surface area (Å²) >= 11 is 13.8. The molecule has 562 valence electrons. The molecule has 0 saturated heterocycles. The number of aromatic nitrogens is 10. The van der Waals surface area contributed by atoms with Gasteiger partial charge < -0.3 is 49.3 Å². The molecule has 26 heteroatoms. The van der Waals surface area contributed by atoms with Gasteiger partial charge >= 0.3 is 40.9 Å². The fraction of sp³-hybridized carbons (Fsp3) is 0.296. The predicted octanol–water partition coefficient (Wildman–Crippen LogP) is 18.7. The number of aliphatic carboxylic acids is 1. The molecule has 0 bridgehead atoms. The highest BCUT2D eigenvalue weighted by molar-refractivity contribution is 9.11. The van der Waals surface area contributed by atoms with Gasteiger partial charge in [0.05, 0.1) is 97.9 Å². The Labute approximate surface area is 650 Å². The fourth-order valence-electron chi connectivity index (χ4n) is 13.7. The first kappa shape index (κ1) is 81.3. The maximum Gasteiger partial charge on any atom is 0.338 e. The quantitative estimate of drug-likeness (QED) is 0.0232. The number of carboxylic acids is 1. The molecule has 0 spiro atoms. The number of imidazole rings is 3. The van der Waals surface area contributed by atoms with Crippen LogP contribution in [0.2, 0.25) is 0 Å². The third-order valence-corrected chi connectivity index (χ3v) is 20.0. The number of carbonyl (C=O) groups excluding carboxylic acids is 3. The standard InChI is InChI=1S/C24H26BrN3O3.C22H22BrN3O3.C15H20N2O3.C10H8BrNO2.C9H8BrNO.CH4/c1-3-7-18(14-23(29)31-4-2)28-22-9-6-5-8-21(22)27(24(28)30)15-16-12-17(25)13-20-19(16)10-11-26-20;1-2-5-16(12-21(27)28)26-20-7-4-3-6-19(20)25(22(26)29)13-14-10-15(23)11-18-17(14)8-9-24-18;1-3-7-11(10-14(18)20-4-2)17-13-9-6-5-8-12(13)16-15(17)19;1-14-10(13)8-4-6(11)5-9-7(8)2-3-12-9;10-7-3-6(5-12)8-1-2-11-9(8)4-7;/h5-6,8-13,18,26H,3-4,7,14-15H2,1-2H3;3-4,6-11,16,24H,2,5,12-13H2,1H3,(H,27,28);5-6,8-9,11H,3-4,7,10H2,1-2H3,(H,16,19);2-5,12H,1H3;1-4,11-12H,5H2;1H4. The van der Waals surface area contributed by atoms with Gasteiger partial charge in [-0.05, 0) is 159 Å². The van der Waals surface area contributed by atoms with Crippen molar-refractivity contribution in [3.05, 3.63) is 242 Å². The first-order valence-electron chi connectivity index (χ1n) is 35.1. The molecule has 14 rings (SSSR count). The molecule has 14 aromatic rings. The van der Waals surface area contributed by atoms with E-state index in [2.05, 4.69) is 102 Å². The average molecular weight is 1710 g/mol. The highest BCUT2D eigenvalue weighted by Crippen LogP contribution is 2.32. The van der Waals surface area contributed by atoms with Crippen molar-refractivity contribution in [1.82, 2.24) is 47.8 Å². The van der Waals surface area contributed by atoms with E-state index in [4.69, 9.17) is 19.3 Å². The summed E-state index contributed by atoms with van der Waals surface area (Å²) in [6, 6.07) is 45.7. The van der Waals surface area contributed by atoms with Crippen molar-refractivity contribution in [2.45, 2.75) is 138 Å². The van der Waals surface area contributed by atoms with Gasteiger partial charge in [-0.2, -0.15) is 0 Å². The van der Waals surface area contributed by atoms with Crippen molar-refractivity contribution in [1.29, 1.82) is 0 Å². The summed E-state index contributed by atoms with van der Waals surface area (Å²) in [6.45, 7) is 11.3. The number of rotatable bonds is 23. The first-order valence-corrected chi connectivity index (χ1v) is 38.2. The molecule has 7 aromatic carbocycles. The molecule has 107 heavy (non-hydrogen) atoms. The molecular formula is C81H88Br4N10O12. The van der Waals surface area contributed by atoms with Crippen molar-refractivity contribution < 1.29 is 43.6 Å². The number of hydrogen-bond donors (Lipinski definition) is 7. The van der Waals surface area contributed by atoms with E-state index in [0.717, 1.165) is 143 Å². The molecule has 22 nitrogen and oxygen atoms in total. The van der Waals surface area contributed by atoms with Crippen molar-refractivity contribution in [2.75, 3.05) is 20.3 Å². The van der Waals surface area contributed by atoms with E-state index in [9.17, 15) is 38.7 Å². The van der Waals surface area contributed by atoms with Crippen LogP contribution in [0.1, 0.15) is 145 Å². The zero-order valence-corrected chi connectivity index (χ0v) is 65.9. The lowest BCUT2D eigenvalue weighted by Gasteiger charge is -2.17. The van der Waals surface area contributed by atoms with Crippen LogP contribution in [0.25, 0.3) is 76.7 Å². The van der Waals surface area contributed by atoms with Crippen LogP contribution in [0.5, 0.6) is 0 Å². The second kappa shape index (κ2) is 38.2. The molecule has 0 radical (unpaired) electrons. The average Bonchev–Trinajstić information content (AvgIpc) is 1.61. The number of para-hydroxylation sites is 6. The zero-order valence-electron chi connectivity index (χ0n) is 59.5. The summed E-state index contributed by atoms with van der Waals surface area (Å²) in [5.41, 5.74) is 12.0. The summed E-state index contributed by atoms with van der Waals surface area (Å²) in [5, 5.41) is 22.5. The molecule has 7 heterocycles. The Hall–Kier alpha value is -9.73. The van der Waals surface area contributed by atoms with Gasteiger partial charge in [0, 0.05) is 104 Å². The Morgan fingerprint density at radius 1 is 0.449 bits per heavy atom. The Morgan fingerprint density at radius 3 is 1.22 bits per heavy atom. The Bertz CT molecular complexity index is 5590. The highest BCUT2D eigenvalue weighted by atomic mass is 79.9. The Morgan fingerprint density at radius 2 is 0.813 bits per heavy atom. The number of hydrogen-bond acceptors (Lipinski definition) is 11. The third-order valence-electron chi connectivity index (χ3n) is 18.2. The number of esters is 3. The van der Waals surface area contributed by atoms with Gasteiger partial charge in [-0.25, -0.2) is 19.2 Å². The maximum absolute atomic E-state index is 13.7. The maximum atomic E-state index is 13.7. The molecule has 7 aromatic heterocycles. The van der Waals surface area contributed by atoms with Gasteiger partial charge in [0.1, 0.15) is 0 Å². The lowest BCUT2D eigenvalue weighted by Crippen LogP contribution is -2.29. The summed E-state index contributed by atoms with van der Waals surface area (Å²) < 4.78 is 27.3. The van der Waals surface area contributed by atoms with Crippen LogP contribution >= 0.6 is 63.7 Å². The van der Waals surface area contributed by atoms with Gasteiger partial charge in [-0.3, -0.25) is 37.2 Å². The van der Waals surface area contributed by atoms with Crippen LogP contribution in [0.3, 0.4) is 0 Å². The molecule has 0 aliphatic heterocycles. The number of carbonyl (C=O) groups is 4. The number of aliphatic hydroxyl groups excluding tert-OH is 1. The Balaban J connectivity index is 0.000000161. The minimum atomic E-state index is -0.895. The van der Waals surface area contributed by atoms with Crippen molar-refractivity contribution in [3.8, 4) is 0 Å². The number of halogens is 4. The third kappa shape index (κ3) is 19.4. The predicted molar refractivity (Wildman–Crippen MR) is 438 cm³/mol. The van der Waals surface area contributed by atoms with Gasteiger partial charge in [-0.15, -0.1) is 0 Å². The molecule has 7 N–H and O–H groups in total. The van der Waals surface area contributed by atoms with E-state index < -0.39 is 5.97 Å². The van der Waals surface area contributed by atoms with E-state index in [1.54, 1.807) is 48.9 Å². The molecule has 0 aliphatic carbocycles. The zero-order chi connectivity index (χ0) is 75.7. The number of fused-ring (bicyclic) bond motifs is 7. The number of nitrogens with one attached hydrogen (secondary N) is 5. The van der Waals surface area contributed by atoms with Gasteiger partial charge in [0.2, 0.25) is 0 Å². The number of ether oxygens (including phenoxy) is 3. The molecule has 0 amide bonds. The lowest BCUT2D eigenvalue weighted by molar-refractivity contribution is -0.145. The van der Waals surface area contributed by atoms with E-state index in [0.29, 0.717) is 38.3 Å². The van der Waals surface area contributed by atoms with E-state index >= 15 is 0 Å². The summed E-state index contributed by atoms with van der Waals surface area (Å²) in [4.78, 5) is 102. The van der Waals surface area contributed by atoms with Crippen LogP contribution in [-0.4, -0.2) is 102 Å². The van der Waals surface area contributed by atoms with E-state index in [1.807, 2.05) is 166 Å². The number of benzene rings is 7. The van der Waals surface area contributed by atoms with E-state index in [1.165, 1.54) is 7.11 Å². The van der Waals surface area contributed by atoms with Crippen molar-refractivity contribution in [3.63, 3.8) is 0 Å². The molecule has 3 unspecified atom stereocenters. The monoisotopic (exact) mass is 1710 g/mol. The van der Waals surface area contributed by atoms with Crippen LogP contribution in [0, 0.1) is 0 Å². The topological polar surface area (TPSA) is 291 Å². The van der Waals surface area contributed by atoms with Gasteiger partial charge in [0.15, 0.2) is 0 Å². The first-order chi connectivity index (χ1) is 51.2. The van der Waals surface area contributed by atoms with Crippen molar-refractivity contribution >= 4 is 164 Å². The largest absolute Gasteiger partial charge is 0.481 e. The van der Waals surface area contributed by atoms with Crippen LogP contribution in [0.15, 0.2) is 203 Å². The van der Waals surface area contributed by atoms with Crippen LogP contribution in [0.4, 0.5) is 0 Å². The minimum absolute atomic E-state index is 0. The summed E-state index contributed by atoms with van der Waals surface area (Å²) in [6.07, 6.45) is 12.5. The molecule has 0 fully saturated rings. The minimum Gasteiger partial charge on any atom is -0.481 e. The molecule has 0 saturated carbocycles. The van der Waals surface area contributed by atoms with Crippen molar-refractivity contribution in [2.24, 2.45) is 0 Å². The summed E-state index contributed by atoms with van der Waals surface area (Å²) in [7, 11) is 1.38. The second-order valence-corrected chi connectivity index (χ2v) is 28.9. The number of methoxy groups -OCH3 is 1. The number of carboxylic acid groups (broad SMARTS) is 1. The summed E-state index contributed by atoms with van der Waals surface area (Å²) in [5.74, 6) is -1.75. The molecular weight excluding hydrogens is 1620 g/mol. The molecule has 0 aliphatic rings. The highest BCUT2D eigenvalue weighted by Gasteiger charge is 2.26. The Kier molecular flexibility index (Phi) is 29.0. The smallest absolute Gasteiger partial charge is 0.338 e. The fourth-order valence-corrected chi connectivity index (χ4v) is 15.6. The number of H-pyrrole nitrogens is 5.